The molecule has 2 aromatic carbocycles. The highest BCUT2D eigenvalue weighted by Crippen LogP contribution is 2.15. The molecule has 1 atom stereocenters. The molecular weight excluding hydrogens is 332 g/mol. The Balaban J connectivity index is 2.10. The first-order chi connectivity index (χ1) is 11.3. The lowest BCUT2D eigenvalue weighted by Gasteiger charge is -2.11. The van der Waals surface area contributed by atoms with Gasteiger partial charge in [0.1, 0.15) is 6.04 Å². The van der Waals surface area contributed by atoms with Crippen LogP contribution in [0, 0.1) is 0 Å². The first-order valence-electron chi connectivity index (χ1n) is 7.01. The number of benzene rings is 2. The highest BCUT2D eigenvalue weighted by molar-refractivity contribution is 7.89. The molecule has 0 heterocycles. The largest absolute Gasteiger partial charge is 0.480 e. The number of hydrogen-bond donors (Lipinski definition) is 3. The third-order valence-electron chi connectivity index (χ3n) is 3.16. The maximum absolute atomic E-state index is 12.0. The van der Waals surface area contributed by atoms with Crippen LogP contribution in [-0.2, 0) is 14.8 Å². The van der Waals surface area contributed by atoms with Crippen LogP contribution >= 0.6 is 0 Å². The van der Waals surface area contributed by atoms with Crippen molar-refractivity contribution in [1.29, 1.82) is 0 Å². The van der Waals surface area contributed by atoms with Gasteiger partial charge in [0.25, 0.3) is 5.91 Å². The molecule has 0 saturated carbocycles. The van der Waals surface area contributed by atoms with E-state index in [1.165, 1.54) is 31.2 Å². The summed E-state index contributed by atoms with van der Waals surface area (Å²) in [6, 6.07) is 12.8. The van der Waals surface area contributed by atoms with Gasteiger partial charge >= 0.3 is 5.97 Å². The second-order valence-corrected chi connectivity index (χ2v) is 6.74. The number of carbonyl (C=O) groups excluding carboxylic acids is 1. The van der Waals surface area contributed by atoms with Gasteiger partial charge in [-0.05, 0) is 43.3 Å². The van der Waals surface area contributed by atoms with E-state index < -0.39 is 22.0 Å². The smallest absolute Gasteiger partial charge is 0.321 e. The van der Waals surface area contributed by atoms with Crippen molar-refractivity contribution in [2.45, 2.75) is 17.9 Å². The van der Waals surface area contributed by atoms with E-state index in [-0.39, 0.29) is 10.8 Å². The summed E-state index contributed by atoms with van der Waals surface area (Å²) in [6.07, 6.45) is 0. The van der Waals surface area contributed by atoms with Crippen molar-refractivity contribution in [3.8, 4) is 0 Å². The zero-order valence-electron chi connectivity index (χ0n) is 12.8. The van der Waals surface area contributed by atoms with Gasteiger partial charge in [-0.15, -0.1) is 0 Å². The summed E-state index contributed by atoms with van der Waals surface area (Å²) in [6.45, 7) is 1.23. The molecule has 0 fully saturated rings. The number of anilines is 1. The van der Waals surface area contributed by atoms with Crippen molar-refractivity contribution in [1.82, 2.24) is 4.72 Å². The molecule has 0 radical (unpaired) electrons. The first kappa shape index (κ1) is 17.6. The molecule has 0 spiro atoms. The highest BCUT2D eigenvalue weighted by atomic mass is 32.2. The molecule has 0 saturated heterocycles. The summed E-state index contributed by atoms with van der Waals surface area (Å²) >= 11 is 0. The van der Waals surface area contributed by atoms with Crippen LogP contribution < -0.4 is 10.0 Å². The SMILES string of the molecule is C[C@H](NS(=O)(=O)c1ccc(NC(=O)c2ccccc2)cc1)C(=O)O. The van der Waals surface area contributed by atoms with E-state index >= 15 is 0 Å². The number of amides is 1. The summed E-state index contributed by atoms with van der Waals surface area (Å²) in [5.41, 5.74) is 0.903. The van der Waals surface area contributed by atoms with Crippen LogP contribution in [0.2, 0.25) is 0 Å². The number of carboxylic acids is 1. The van der Waals surface area contributed by atoms with Crippen LogP contribution in [0.4, 0.5) is 5.69 Å². The van der Waals surface area contributed by atoms with Gasteiger partial charge in [-0.1, -0.05) is 18.2 Å². The van der Waals surface area contributed by atoms with E-state index in [1.54, 1.807) is 30.3 Å². The monoisotopic (exact) mass is 348 g/mol. The predicted octanol–water partition coefficient (Wildman–Crippen LogP) is 1.69. The van der Waals surface area contributed by atoms with E-state index in [1.807, 2.05) is 4.72 Å². The molecule has 0 aliphatic carbocycles. The zero-order chi connectivity index (χ0) is 17.7. The second kappa shape index (κ2) is 7.24. The topological polar surface area (TPSA) is 113 Å². The van der Waals surface area contributed by atoms with E-state index in [2.05, 4.69) is 5.32 Å². The van der Waals surface area contributed by atoms with E-state index in [0.29, 0.717) is 11.3 Å². The van der Waals surface area contributed by atoms with Crippen LogP contribution in [0.1, 0.15) is 17.3 Å². The first-order valence-corrected chi connectivity index (χ1v) is 8.49. The number of aliphatic carboxylic acids is 1. The Labute approximate surface area is 139 Å². The minimum Gasteiger partial charge on any atom is -0.480 e. The van der Waals surface area contributed by atoms with Crippen molar-refractivity contribution >= 4 is 27.6 Å². The number of nitrogens with one attached hydrogen (secondary N) is 2. The Morgan fingerprint density at radius 1 is 1.00 bits per heavy atom. The minimum absolute atomic E-state index is 0.0895. The highest BCUT2D eigenvalue weighted by Gasteiger charge is 2.21. The molecule has 3 N–H and O–H groups in total. The van der Waals surface area contributed by atoms with Crippen molar-refractivity contribution in [3.63, 3.8) is 0 Å². The second-order valence-electron chi connectivity index (χ2n) is 5.03. The van der Waals surface area contributed by atoms with Crippen molar-refractivity contribution in [2.24, 2.45) is 0 Å². The molecular formula is C16H16N2O5S. The van der Waals surface area contributed by atoms with Crippen LogP contribution in [-0.4, -0.2) is 31.4 Å². The summed E-state index contributed by atoms with van der Waals surface area (Å²) in [5.74, 6) is -1.59. The lowest BCUT2D eigenvalue weighted by atomic mass is 10.2. The summed E-state index contributed by atoms with van der Waals surface area (Å²) in [4.78, 5) is 22.7. The summed E-state index contributed by atoms with van der Waals surface area (Å²) < 4.78 is 26.1. The molecule has 0 aromatic heterocycles. The quantitative estimate of drug-likeness (QED) is 0.735. The molecule has 2 rings (SSSR count). The van der Waals surface area contributed by atoms with Crippen molar-refractivity contribution in [2.75, 3.05) is 5.32 Å². The molecule has 0 aliphatic rings. The average Bonchev–Trinajstić information content (AvgIpc) is 2.55. The predicted molar refractivity (Wildman–Crippen MR) is 88.3 cm³/mol. The molecule has 0 bridgehead atoms. The zero-order valence-corrected chi connectivity index (χ0v) is 13.6. The molecule has 0 aliphatic heterocycles. The Kier molecular flexibility index (Phi) is 5.32. The normalized spacial score (nSPS) is 12.4. The van der Waals surface area contributed by atoms with Crippen LogP contribution in [0.5, 0.6) is 0 Å². The van der Waals surface area contributed by atoms with Crippen LogP contribution in [0.15, 0.2) is 59.5 Å². The Morgan fingerprint density at radius 2 is 1.58 bits per heavy atom. The molecule has 0 unspecified atom stereocenters. The van der Waals surface area contributed by atoms with Gasteiger partial charge in [0, 0.05) is 11.3 Å². The van der Waals surface area contributed by atoms with Gasteiger partial charge in [0.2, 0.25) is 10.0 Å². The fourth-order valence-electron chi connectivity index (χ4n) is 1.86. The summed E-state index contributed by atoms with van der Waals surface area (Å²) in [7, 11) is -3.95. The molecule has 2 aromatic rings. The standard InChI is InChI=1S/C16H16N2O5S/c1-11(16(20)21)18-24(22,23)14-9-7-13(8-10-14)17-15(19)12-5-3-2-4-6-12/h2-11,18H,1H3,(H,17,19)(H,20,21)/t11-/m0/s1. The van der Waals surface area contributed by atoms with Crippen LogP contribution in [0.3, 0.4) is 0 Å². The fraction of sp³-hybridized carbons (Fsp3) is 0.125. The van der Waals surface area contributed by atoms with E-state index in [0.717, 1.165) is 0 Å². The molecule has 8 heteroatoms. The molecule has 126 valence electrons. The third-order valence-corrected chi connectivity index (χ3v) is 4.72. The van der Waals surface area contributed by atoms with Gasteiger partial charge in [-0.3, -0.25) is 9.59 Å². The number of sulfonamides is 1. The van der Waals surface area contributed by atoms with Crippen molar-refractivity contribution < 1.29 is 23.1 Å². The third kappa shape index (κ3) is 4.40. The molecule has 1 amide bonds. The lowest BCUT2D eigenvalue weighted by molar-refractivity contribution is -0.138. The number of rotatable bonds is 6. The maximum atomic E-state index is 12.0. The number of hydrogen-bond acceptors (Lipinski definition) is 4. The number of carbonyl (C=O) groups is 2. The van der Waals surface area contributed by atoms with E-state index in [9.17, 15) is 18.0 Å². The van der Waals surface area contributed by atoms with Gasteiger partial charge in [0.15, 0.2) is 0 Å². The fourth-order valence-corrected chi connectivity index (χ4v) is 3.06. The van der Waals surface area contributed by atoms with Gasteiger partial charge in [-0.25, -0.2) is 8.42 Å². The molecule has 24 heavy (non-hydrogen) atoms. The minimum atomic E-state index is -3.95. The number of carboxylic acid groups (broad SMARTS) is 1. The Bertz CT molecular complexity index is 833. The van der Waals surface area contributed by atoms with Gasteiger partial charge in [-0.2, -0.15) is 4.72 Å². The Hall–Kier alpha value is -2.71. The molecule has 7 nitrogen and oxygen atoms in total. The van der Waals surface area contributed by atoms with Crippen molar-refractivity contribution in [3.05, 3.63) is 60.2 Å². The Morgan fingerprint density at radius 3 is 2.12 bits per heavy atom. The average molecular weight is 348 g/mol. The lowest BCUT2D eigenvalue weighted by Crippen LogP contribution is -2.38. The van der Waals surface area contributed by atoms with E-state index in [4.69, 9.17) is 5.11 Å². The van der Waals surface area contributed by atoms with Gasteiger partial charge in [0.05, 0.1) is 4.90 Å². The van der Waals surface area contributed by atoms with Crippen LogP contribution in [0.25, 0.3) is 0 Å². The maximum Gasteiger partial charge on any atom is 0.321 e. The summed E-state index contributed by atoms with van der Waals surface area (Å²) in [5, 5.41) is 11.4. The van der Waals surface area contributed by atoms with Gasteiger partial charge < -0.3 is 10.4 Å².